The zero-order valence-corrected chi connectivity index (χ0v) is 19.9. The molecule has 0 bridgehead atoms. The van der Waals surface area contributed by atoms with Crippen LogP contribution in [0.5, 0.6) is 0 Å². The summed E-state index contributed by atoms with van der Waals surface area (Å²) in [6, 6.07) is 21.6. The fourth-order valence-corrected chi connectivity index (χ4v) is 3.33. The van der Waals surface area contributed by atoms with Crippen molar-refractivity contribution >= 4 is 20.2 Å². The number of hydrogen-bond acceptors (Lipinski definition) is 6. The second kappa shape index (κ2) is 13.2. The molecule has 3 aromatic rings. The van der Waals surface area contributed by atoms with E-state index in [1.165, 1.54) is 24.3 Å². The molecule has 0 unspecified atom stereocenters. The van der Waals surface area contributed by atoms with Crippen LogP contribution in [-0.4, -0.2) is 48.9 Å². The van der Waals surface area contributed by atoms with E-state index in [2.05, 4.69) is 0 Å². The Labute approximate surface area is 194 Å². The Morgan fingerprint density at radius 1 is 0.667 bits per heavy atom. The molecular weight excluding hydrogens is 468 g/mol. The minimum absolute atomic E-state index is 0.0666. The van der Waals surface area contributed by atoms with Crippen LogP contribution in [0, 0.1) is 13.8 Å². The molecule has 0 aromatic heterocycles. The van der Waals surface area contributed by atoms with Crippen molar-refractivity contribution in [3.05, 3.63) is 95.6 Å². The summed E-state index contributed by atoms with van der Waals surface area (Å²) in [5.74, 6) is 0. The summed E-state index contributed by atoms with van der Waals surface area (Å²) < 4.78 is 59.1. The molecule has 0 aliphatic carbocycles. The van der Waals surface area contributed by atoms with Crippen LogP contribution in [0.2, 0.25) is 0 Å². The van der Waals surface area contributed by atoms with Crippen molar-refractivity contribution in [3.8, 4) is 0 Å². The maximum absolute atomic E-state index is 10.5. The molecular formula is C23H28O8S2. The molecule has 0 spiro atoms. The Kier molecular flexibility index (Phi) is 11.4. The predicted molar refractivity (Wildman–Crippen MR) is 125 cm³/mol. The summed E-state index contributed by atoms with van der Waals surface area (Å²) in [5, 5.41) is 17.6. The molecule has 3 rings (SSSR count). The van der Waals surface area contributed by atoms with Crippen LogP contribution in [0.3, 0.4) is 0 Å². The minimum Gasteiger partial charge on any atom is -0.394 e. The van der Waals surface area contributed by atoms with Gasteiger partial charge in [0.25, 0.3) is 20.2 Å². The molecule has 0 aliphatic heterocycles. The van der Waals surface area contributed by atoms with Gasteiger partial charge in [0.15, 0.2) is 0 Å². The summed E-state index contributed by atoms with van der Waals surface area (Å²) >= 11 is 0. The minimum atomic E-state index is -4.02. The summed E-state index contributed by atoms with van der Waals surface area (Å²) in [5.41, 5.74) is 2.96. The monoisotopic (exact) mass is 496 g/mol. The van der Waals surface area contributed by atoms with E-state index in [1.54, 1.807) is 24.3 Å². The average Bonchev–Trinajstić information content (AvgIpc) is 2.74. The molecule has 33 heavy (non-hydrogen) atoms. The van der Waals surface area contributed by atoms with E-state index in [0.717, 1.165) is 16.7 Å². The van der Waals surface area contributed by atoms with Crippen molar-refractivity contribution in [2.24, 2.45) is 0 Å². The van der Waals surface area contributed by atoms with Gasteiger partial charge in [-0.05, 0) is 43.7 Å². The largest absolute Gasteiger partial charge is 0.394 e. The fourth-order valence-electron chi connectivity index (χ4n) is 2.37. The normalized spacial score (nSPS) is 11.9. The van der Waals surface area contributed by atoms with Crippen LogP contribution in [0.1, 0.15) is 16.7 Å². The number of benzene rings is 3. The summed E-state index contributed by atoms with van der Waals surface area (Å²) in [6.07, 6.45) is -0.102. The summed E-state index contributed by atoms with van der Waals surface area (Å²) in [4.78, 5) is -0.133. The average molecular weight is 497 g/mol. The topological polar surface area (TPSA) is 149 Å². The van der Waals surface area contributed by atoms with E-state index < -0.39 is 26.3 Å². The lowest BCUT2D eigenvalue weighted by Gasteiger charge is -2.05. The number of aliphatic hydroxyl groups is 2. The van der Waals surface area contributed by atoms with Gasteiger partial charge in [0.05, 0.1) is 22.5 Å². The third-order valence-electron chi connectivity index (χ3n) is 4.16. The lowest BCUT2D eigenvalue weighted by atomic mass is 10.1. The SMILES string of the molecule is Cc1ccc(S(=O)(=O)O)cc1.Cc1ccc(S(=O)(=O)O)cc1.OC[C@H](O)Cc1ccccc1. The molecule has 0 saturated carbocycles. The number of rotatable bonds is 5. The summed E-state index contributed by atoms with van der Waals surface area (Å²) in [6.45, 7) is 3.51. The van der Waals surface area contributed by atoms with Gasteiger partial charge in [-0.2, -0.15) is 16.8 Å². The lowest BCUT2D eigenvalue weighted by Crippen LogP contribution is -2.14. The Bertz CT molecular complexity index is 1100. The fraction of sp³-hybridized carbons (Fsp3) is 0.217. The van der Waals surface area contributed by atoms with E-state index in [1.807, 2.05) is 44.2 Å². The van der Waals surface area contributed by atoms with Crippen molar-refractivity contribution in [1.82, 2.24) is 0 Å². The van der Waals surface area contributed by atoms with Crippen LogP contribution in [0.15, 0.2) is 88.7 Å². The van der Waals surface area contributed by atoms with Gasteiger partial charge in [-0.3, -0.25) is 9.11 Å². The van der Waals surface area contributed by atoms with Gasteiger partial charge >= 0.3 is 0 Å². The Hall–Kier alpha value is -2.60. The van der Waals surface area contributed by atoms with Gasteiger partial charge in [0, 0.05) is 6.42 Å². The van der Waals surface area contributed by atoms with Gasteiger partial charge in [0.1, 0.15) is 0 Å². The van der Waals surface area contributed by atoms with Crippen molar-refractivity contribution < 1.29 is 36.2 Å². The number of aryl methyl sites for hydroxylation is 2. The van der Waals surface area contributed by atoms with Crippen LogP contribution in [-0.2, 0) is 26.7 Å². The van der Waals surface area contributed by atoms with E-state index in [0.29, 0.717) is 6.42 Å². The van der Waals surface area contributed by atoms with Gasteiger partial charge in [-0.25, -0.2) is 0 Å². The van der Waals surface area contributed by atoms with Crippen LogP contribution in [0.25, 0.3) is 0 Å². The molecule has 10 heteroatoms. The molecule has 0 heterocycles. The smallest absolute Gasteiger partial charge is 0.294 e. The molecule has 0 radical (unpaired) electrons. The van der Waals surface area contributed by atoms with Gasteiger partial charge in [-0.15, -0.1) is 0 Å². The number of hydrogen-bond donors (Lipinski definition) is 4. The third kappa shape index (κ3) is 11.7. The highest BCUT2D eigenvalue weighted by Gasteiger charge is 2.07. The molecule has 0 aliphatic rings. The second-order valence-electron chi connectivity index (χ2n) is 7.10. The maximum Gasteiger partial charge on any atom is 0.294 e. The molecule has 3 aromatic carbocycles. The molecule has 4 N–H and O–H groups in total. The highest BCUT2D eigenvalue weighted by atomic mass is 32.2. The first kappa shape index (κ1) is 28.4. The Morgan fingerprint density at radius 2 is 1.03 bits per heavy atom. The Balaban J connectivity index is 0.000000247. The van der Waals surface area contributed by atoms with E-state index in [-0.39, 0.29) is 16.4 Å². The first-order valence-corrected chi connectivity index (χ1v) is 12.6. The predicted octanol–water partition coefficient (Wildman–Crippen LogP) is 3.07. The number of aliphatic hydroxyl groups excluding tert-OH is 2. The lowest BCUT2D eigenvalue weighted by molar-refractivity contribution is 0.0955. The molecule has 0 amide bonds. The first-order valence-electron chi connectivity index (χ1n) is 9.74. The Morgan fingerprint density at radius 3 is 1.33 bits per heavy atom. The van der Waals surface area contributed by atoms with E-state index >= 15 is 0 Å². The standard InChI is InChI=1S/C9H12O2.2C7H8O3S/c10-7-9(11)6-8-4-2-1-3-5-8;2*1-6-2-4-7(5-3-6)11(8,9)10/h1-5,9-11H,6-7H2;2*2-5H,1H3,(H,8,9,10)/t9-;;/m1../s1. The van der Waals surface area contributed by atoms with E-state index in [4.69, 9.17) is 19.3 Å². The molecule has 8 nitrogen and oxygen atoms in total. The van der Waals surface area contributed by atoms with Crippen molar-refractivity contribution in [2.75, 3.05) is 6.61 Å². The molecule has 0 fully saturated rings. The quantitative estimate of drug-likeness (QED) is 0.394. The molecule has 180 valence electrons. The summed E-state index contributed by atoms with van der Waals surface area (Å²) in [7, 11) is -8.04. The molecule has 1 atom stereocenters. The van der Waals surface area contributed by atoms with Gasteiger partial charge in [0.2, 0.25) is 0 Å². The van der Waals surface area contributed by atoms with Crippen molar-refractivity contribution in [1.29, 1.82) is 0 Å². The van der Waals surface area contributed by atoms with Gasteiger partial charge < -0.3 is 10.2 Å². The molecule has 0 saturated heterocycles. The zero-order valence-electron chi connectivity index (χ0n) is 18.2. The van der Waals surface area contributed by atoms with Crippen molar-refractivity contribution in [3.63, 3.8) is 0 Å². The highest BCUT2D eigenvalue weighted by molar-refractivity contribution is 7.86. The van der Waals surface area contributed by atoms with Crippen LogP contribution >= 0.6 is 0 Å². The second-order valence-corrected chi connectivity index (χ2v) is 9.95. The first-order chi connectivity index (χ1) is 15.3. The highest BCUT2D eigenvalue weighted by Crippen LogP contribution is 2.09. The van der Waals surface area contributed by atoms with Crippen LogP contribution in [0.4, 0.5) is 0 Å². The van der Waals surface area contributed by atoms with E-state index in [9.17, 15) is 16.8 Å². The van der Waals surface area contributed by atoms with Crippen molar-refractivity contribution in [2.45, 2.75) is 36.2 Å². The third-order valence-corrected chi connectivity index (χ3v) is 5.90. The maximum atomic E-state index is 10.5. The van der Waals surface area contributed by atoms with Gasteiger partial charge in [-0.1, -0.05) is 65.7 Å². The van der Waals surface area contributed by atoms with Crippen LogP contribution < -0.4 is 0 Å². The zero-order chi connectivity index (χ0) is 25.1.